The van der Waals surface area contributed by atoms with Crippen LogP contribution in [0.4, 0.5) is 4.39 Å². The lowest BCUT2D eigenvalue weighted by molar-refractivity contribution is 0.0692. The molecule has 1 heterocycles. The number of benzene rings is 1. The predicted molar refractivity (Wildman–Crippen MR) is 55.8 cm³/mol. The summed E-state index contributed by atoms with van der Waals surface area (Å²) < 4.78 is 13.0. The minimum absolute atomic E-state index is 0.152. The number of fused-ring (bicyclic) bond motifs is 1. The topological polar surface area (TPSA) is 63.1 Å². The van der Waals surface area contributed by atoms with Crippen molar-refractivity contribution in [1.82, 2.24) is 9.97 Å². The van der Waals surface area contributed by atoms with Crippen LogP contribution in [0, 0.1) is 5.82 Å². The summed E-state index contributed by atoms with van der Waals surface area (Å²) in [7, 11) is 0. The summed E-state index contributed by atoms with van der Waals surface area (Å²) >= 11 is 0. The number of nitrogens with zero attached hydrogens (tertiary/aromatic N) is 2. The quantitative estimate of drug-likeness (QED) is 0.841. The van der Waals surface area contributed by atoms with Crippen molar-refractivity contribution in [1.29, 1.82) is 0 Å². The number of hydrogen-bond donors (Lipinski definition) is 1. The van der Waals surface area contributed by atoms with Gasteiger partial charge in [0.2, 0.25) is 0 Å². The smallest absolute Gasteiger partial charge is 0.355 e. The Balaban J connectivity index is 2.82. The van der Waals surface area contributed by atoms with Crippen LogP contribution >= 0.6 is 0 Å². The van der Waals surface area contributed by atoms with Crippen molar-refractivity contribution in [2.45, 2.75) is 13.3 Å². The molecule has 16 heavy (non-hydrogen) atoms. The second-order valence-corrected chi connectivity index (χ2v) is 3.31. The summed E-state index contributed by atoms with van der Waals surface area (Å²) in [5.74, 6) is -1.23. The van der Waals surface area contributed by atoms with Crippen LogP contribution in [0.25, 0.3) is 10.9 Å². The van der Waals surface area contributed by atoms with Gasteiger partial charge in [0, 0.05) is 11.8 Å². The summed E-state index contributed by atoms with van der Waals surface area (Å²) in [5, 5.41) is 9.21. The number of rotatable bonds is 2. The number of carboxylic acids is 1. The van der Waals surface area contributed by atoms with Gasteiger partial charge in [-0.2, -0.15) is 0 Å². The molecular weight excluding hydrogens is 211 g/mol. The van der Waals surface area contributed by atoms with Crippen LogP contribution in [0.5, 0.6) is 0 Å². The van der Waals surface area contributed by atoms with Gasteiger partial charge in [-0.1, -0.05) is 6.92 Å². The highest BCUT2D eigenvalue weighted by Crippen LogP contribution is 2.17. The van der Waals surface area contributed by atoms with Crippen LogP contribution in [0.3, 0.4) is 0 Å². The molecule has 2 aromatic rings. The molecule has 0 fully saturated rings. The zero-order valence-electron chi connectivity index (χ0n) is 8.57. The lowest BCUT2D eigenvalue weighted by Crippen LogP contribution is -2.06. The average molecular weight is 220 g/mol. The molecule has 0 spiro atoms. The molecule has 0 radical (unpaired) electrons. The van der Waals surface area contributed by atoms with E-state index >= 15 is 0 Å². The van der Waals surface area contributed by atoms with Gasteiger partial charge in [-0.05, 0) is 18.2 Å². The van der Waals surface area contributed by atoms with Gasteiger partial charge in [0.25, 0.3) is 0 Å². The Hall–Kier alpha value is -2.04. The van der Waals surface area contributed by atoms with Crippen LogP contribution in [0.1, 0.15) is 23.2 Å². The maximum absolute atomic E-state index is 13.0. The lowest BCUT2D eigenvalue weighted by Gasteiger charge is -2.04. The molecule has 0 atom stereocenters. The van der Waals surface area contributed by atoms with Crippen molar-refractivity contribution in [2.75, 3.05) is 0 Å². The van der Waals surface area contributed by atoms with Gasteiger partial charge in [0.05, 0.1) is 5.52 Å². The van der Waals surface area contributed by atoms with E-state index in [1.807, 2.05) is 6.92 Å². The summed E-state index contributed by atoms with van der Waals surface area (Å²) in [6.45, 7) is 1.83. The van der Waals surface area contributed by atoms with Crippen molar-refractivity contribution < 1.29 is 14.3 Å². The van der Waals surface area contributed by atoms with E-state index in [4.69, 9.17) is 5.11 Å². The number of aryl methyl sites for hydroxylation is 1. The van der Waals surface area contributed by atoms with E-state index in [0.717, 1.165) is 6.07 Å². The van der Waals surface area contributed by atoms with Crippen LogP contribution < -0.4 is 0 Å². The molecule has 1 aromatic carbocycles. The van der Waals surface area contributed by atoms with Crippen molar-refractivity contribution in [3.8, 4) is 0 Å². The van der Waals surface area contributed by atoms with E-state index < -0.39 is 11.8 Å². The standard InChI is InChI=1S/C11H9FN2O2/c1-2-9-13-8-4-3-6(12)5-7(8)10(14-9)11(15)16/h3-5H,2H2,1H3,(H,15,16). The number of carbonyl (C=O) groups is 1. The summed E-state index contributed by atoms with van der Waals surface area (Å²) in [4.78, 5) is 19.0. The fourth-order valence-electron chi connectivity index (χ4n) is 1.47. The number of aromatic carboxylic acids is 1. The Morgan fingerprint density at radius 3 is 2.81 bits per heavy atom. The van der Waals surface area contributed by atoms with E-state index in [-0.39, 0.29) is 11.1 Å². The molecule has 4 nitrogen and oxygen atoms in total. The minimum atomic E-state index is -1.17. The van der Waals surface area contributed by atoms with Gasteiger partial charge in [-0.15, -0.1) is 0 Å². The van der Waals surface area contributed by atoms with Gasteiger partial charge in [0.15, 0.2) is 5.69 Å². The minimum Gasteiger partial charge on any atom is -0.476 e. The fourth-order valence-corrected chi connectivity index (χ4v) is 1.47. The Morgan fingerprint density at radius 2 is 2.19 bits per heavy atom. The molecule has 0 amide bonds. The third-order valence-electron chi connectivity index (χ3n) is 2.22. The van der Waals surface area contributed by atoms with Gasteiger partial charge < -0.3 is 5.11 Å². The lowest BCUT2D eigenvalue weighted by atomic mass is 10.1. The molecule has 1 N–H and O–H groups in total. The second-order valence-electron chi connectivity index (χ2n) is 3.31. The first-order valence-corrected chi connectivity index (χ1v) is 4.81. The monoisotopic (exact) mass is 220 g/mol. The van der Waals surface area contributed by atoms with Crippen molar-refractivity contribution in [3.63, 3.8) is 0 Å². The normalized spacial score (nSPS) is 10.6. The van der Waals surface area contributed by atoms with E-state index in [0.29, 0.717) is 17.8 Å². The van der Waals surface area contributed by atoms with Crippen LogP contribution in [-0.2, 0) is 6.42 Å². The Labute approximate surface area is 90.8 Å². The molecule has 0 aliphatic carbocycles. The van der Waals surface area contributed by atoms with E-state index in [9.17, 15) is 9.18 Å². The maximum atomic E-state index is 13.0. The molecule has 5 heteroatoms. The van der Waals surface area contributed by atoms with Crippen LogP contribution in [0.2, 0.25) is 0 Å². The largest absolute Gasteiger partial charge is 0.476 e. The average Bonchev–Trinajstić information content (AvgIpc) is 2.27. The Kier molecular flexibility index (Phi) is 2.52. The third-order valence-corrected chi connectivity index (χ3v) is 2.22. The molecule has 0 aliphatic heterocycles. The summed E-state index contributed by atoms with van der Waals surface area (Å²) in [6, 6.07) is 3.84. The van der Waals surface area contributed by atoms with E-state index in [2.05, 4.69) is 9.97 Å². The number of halogens is 1. The first-order valence-electron chi connectivity index (χ1n) is 4.81. The summed E-state index contributed by atoms with van der Waals surface area (Å²) in [5.41, 5.74) is 0.298. The zero-order chi connectivity index (χ0) is 11.7. The number of carboxylic acid groups (broad SMARTS) is 1. The van der Waals surface area contributed by atoms with Crippen LogP contribution in [-0.4, -0.2) is 21.0 Å². The molecular formula is C11H9FN2O2. The van der Waals surface area contributed by atoms with Gasteiger partial charge in [-0.3, -0.25) is 0 Å². The zero-order valence-corrected chi connectivity index (χ0v) is 8.57. The molecule has 0 unspecified atom stereocenters. The Bertz CT molecular complexity index is 569. The molecule has 2 rings (SSSR count). The van der Waals surface area contributed by atoms with Gasteiger partial charge in [-0.25, -0.2) is 19.2 Å². The maximum Gasteiger partial charge on any atom is 0.355 e. The summed E-state index contributed by atoms with van der Waals surface area (Å²) in [6.07, 6.45) is 0.535. The molecule has 1 aromatic heterocycles. The molecule has 82 valence electrons. The SMILES string of the molecule is CCc1nc(C(=O)O)c2cc(F)ccc2n1. The number of aromatic nitrogens is 2. The first-order chi connectivity index (χ1) is 7.61. The molecule has 0 aliphatic rings. The fraction of sp³-hybridized carbons (Fsp3) is 0.182. The Morgan fingerprint density at radius 1 is 1.44 bits per heavy atom. The molecule has 0 saturated heterocycles. The first kappa shape index (κ1) is 10.5. The third kappa shape index (κ3) is 1.71. The highest BCUT2D eigenvalue weighted by atomic mass is 19.1. The van der Waals surface area contributed by atoms with Crippen molar-refractivity contribution >= 4 is 16.9 Å². The second kappa shape index (κ2) is 3.84. The van der Waals surface area contributed by atoms with Crippen molar-refractivity contribution in [2.24, 2.45) is 0 Å². The van der Waals surface area contributed by atoms with Crippen molar-refractivity contribution in [3.05, 3.63) is 35.5 Å². The number of hydrogen-bond acceptors (Lipinski definition) is 3. The highest BCUT2D eigenvalue weighted by molar-refractivity contribution is 6.00. The predicted octanol–water partition coefficient (Wildman–Crippen LogP) is 2.03. The van der Waals surface area contributed by atoms with E-state index in [1.54, 1.807) is 0 Å². The van der Waals surface area contributed by atoms with Crippen LogP contribution in [0.15, 0.2) is 18.2 Å². The van der Waals surface area contributed by atoms with E-state index in [1.165, 1.54) is 12.1 Å². The van der Waals surface area contributed by atoms with Gasteiger partial charge >= 0.3 is 5.97 Å². The highest BCUT2D eigenvalue weighted by Gasteiger charge is 2.13. The molecule has 0 bridgehead atoms. The molecule has 0 saturated carbocycles. The van der Waals surface area contributed by atoms with Gasteiger partial charge in [0.1, 0.15) is 11.6 Å².